The van der Waals surface area contributed by atoms with Crippen LogP contribution in [0.5, 0.6) is 17.2 Å². The third-order valence-corrected chi connectivity index (χ3v) is 4.87. The average Bonchev–Trinajstić information content (AvgIpc) is 2.74. The SMILES string of the molecule is CCOC(=O)C1CCN(C(=NC)NCc2c(OC)cc(OC)cc2OC)CC1. The van der Waals surface area contributed by atoms with E-state index in [0.29, 0.717) is 30.4 Å². The van der Waals surface area contributed by atoms with Gasteiger partial charge in [0.05, 0.1) is 46.0 Å². The van der Waals surface area contributed by atoms with E-state index in [-0.39, 0.29) is 11.9 Å². The second kappa shape index (κ2) is 10.6. The average molecular weight is 393 g/mol. The number of carbonyl (C=O) groups excluding carboxylic acids is 1. The first-order valence-electron chi connectivity index (χ1n) is 9.49. The number of rotatable bonds is 7. The fourth-order valence-corrected chi connectivity index (χ4v) is 3.34. The predicted octanol–water partition coefficient (Wildman–Crippen LogP) is 2.06. The summed E-state index contributed by atoms with van der Waals surface area (Å²) in [6.07, 6.45) is 1.52. The van der Waals surface area contributed by atoms with Gasteiger partial charge in [0.2, 0.25) is 0 Å². The van der Waals surface area contributed by atoms with Crippen LogP contribution in [-0.2, 0) is 16.1 Å². The number of carbonyl (C=O) groups is 1. The van der Waals surface area contributed by atoms with Gasteiger partial charge >= 0.3 is 5.97 Å². The number of hydrogen-bond donors (Lipinski definition) is 1. The number of ether oxygens (including phenoxy) is 4. The van der Waals surface area contributed by atoms with Crippen LogP contribution in [0.4, 0.5) is 0 Å². The summed E-state index contributed by atoms with van der Waals surface area (Å²) in [4.78, 5) is 18.5. The molecule has 0 atom stereocenters. The van der Waals surface area contributed by atoms with Gasteiger partial charge in [-0.05, 0) is 19.8 Å². The normalized spacial score (nSPS) is 15.2. The second-order valence-electron chi connectivity index (χ2n) is 6.42. The zero-order chi connectivity index (χ0) is 20.5. The summed E-state index contributed by atoms with van der Waals surface area (Å²) in [5.74, 6) is 2.68. The van der Waals surface area contributed by atoms with E-state index < -0.39 is 0 Å². The van der Waals surface area contributed by atoms with Crippen molar-refractivity contribution in [3.05, 3.63) is 17.7 Å². The molecule has 1 aliphatic heterocycles. The standard InChI is InChI=1S/C20H31N3O5/c1-6-28-19(24)14-7-9-23(10-8-14)20(21-2)22-13-16-17(26-4)11-15(25-3)12-18(16)27-5/h11-12,14H,6-10,13H2,1-5H3,(H,21,22). The fourth-order valence-electron chi connectivity index (χ4n) is 3.34. The van der Waals surface area contributed by atoms with E-state index in [2.05, 4.69) is 15.2 Å². The van der Waals surface area contributed by atoms with Gasteiger partial charge in [-0.25, -0.2) is 0 Å². The number of aliphatic imine (C=N–C) groups is 1. The molecule has 0 spiro atoms. The molecule has 1 aromatic rings. The van der Waals surface area contributed by atoms with E-state index in [9.17, 15) is 4.79 Å². The van der Waals surface area contributed by atoms with E-state index in [1.807, 2.05) is 19.1 Å². The van der Waals surface area contributed by atoms with Crippen molar-refractivity contribution in [3.8, 4) is 17.2 Å². The summed E-state index contributed by atoms with van der Waals surface area (Å²) in [6, 6.07) is 3.65. The largest absolute Gasteiger partial charge is 0.496 e. The molecule has 156 valence electrons. The molecule has 1 heterocycles. The topological polar surface area (TPSA) is 81.6 Å². The fraction of sp³-hybridized carbons (Fsp3) is 0.600. The Morgan fingerprint density at radius 1 is 1.14 bits per heavy atom. The maximum absolute atomic E-state index is 11.9. The molecule has 0 saturated carbocycles. The van der Waals surface area contributed by atoms with Crippen molar-refractivity contribution in [2.24, 2.45) is 10.9 Å². The Labute approximate surface area is 166 Å². The molecule has 8 nitrogen and oxygen atoms in total. The first-order chi connectivity index (χ1) is 13.6. The number of guanidine groups is 1. The minimum Gasteiger partial charge on any atom is -0.496 e. The summed E-state index contributed by atoms with van der Waals surface area (Å²) in [5.41, 5.74) is 0.883. The van der Waals surface area contributed by atoms with Gasteiger partial charge in [-0.2, -0.15) is 0 Å². The molecule has 8 heteroatoms. The molecule has 0 radical (unpaired) electrons. The van der Waals surface area contributed by atoms with Crippen LogP contribution in [-0.4, -0.2) is 64.9 Å². The van der Waals surface area contributed by atoms with Gasteiger partial charge in [0.1, 0.15) is 17.2 Å². The Bertz CT molecular complexity index is 659. The van der Waals surface area contributed by atoms with E-state index in [0.717, 1.165) is 37.5 Å². The lowest BCUT2D eigenvalue weighted by Gasteiger charge is -2.33. The van der Waals surface area contributed by atoms with Crippen molar-refractivity contribution in [1.82, 2.24) is 10.2 Å². The Hall–Kier alpha value is -2.64. The molecular formula is C20H31N3O5. The number of likely N-dealkylation sites (tertiary alicyclic amines) is 1. The van der Waals surface area contributed by atoms with Crippen molar-refractivity contribution in [2.75, 3.05) is 48.1 Å². The second-order valence-corrected chi connectivity index (χ2v) is 6.42. The van der Waals surface area contributed by atoms with Gasteiger partial charge in [-0.15, -0.1) is 0 Å². The van der Waals surface area contributed by atoms with Gasteiger partial charge < -0.3 is 29.2 Å². The Kier molecular flexibility index (Phi) is 8.22. The third kappa shape index (κ3) is 5.21. The molecule has 28 heavy (non-hydrogen) atoms. The summed E-state index contributed by atoms with van der Waals surface area (Å²) in [5, 5.41) is 3.37. The highest BCUT2D eigenvalue weighted by Crippen LogP contribution is 2.34. The summed E-state index contributed by atoms with van der Waals surface area (Å²) < 4.78 is 21.4. The first kappa shape index (κ1) is 21.7. The minimum absolute atomic E-state index is 0.0314. The van der Waals surface area contributed by atoms with Crippen LogP contribution < -0.4 is 19.5 Å². The Balaban J connectivity index is 2.03. The molecule has 0 unspecified atom stereocenters. The van der Waals surface area contributed by atoms with Crippen LogP contribution >= 0.6 is 0 Å². The predicted molar refractivity (Wildman–Crippen MR) is 107 cm³/mol. The zero-order valence-corrected chi connectivity index (χ0v) is 17.4. The molecule has 1 aromatic carbocycles. The number of methoxy groups -OCH3 is 3. The molecule has 1 aliphatic rings. The smallest absolute Gasteiger partial charge is 0.309 e. The van der Waals surface area contributed by atoms with Gasteiger partial charge in [0.15, 0.2) is 5.96 Å². The Morgan fingerprint density at radius 2 is 1.75 bits per heavy atom. The van der Waals surface area contributed by atoms with Gasteiger partial charge in [-0.1, -0.05) is 0 Å². The van der Waals surface area contributed by atoms with Crippen molar-refractivity contribution in [2.45, 2.75) is 26.3 Å². The van der Waals surface area contributed by atoms with E-state index >= 15 is 0 Å². The van der Waals surface area contributed by atoms with Gasteiger partial charge in [-0.3, -0.25) is 9.79 Å². The minimum atomic E-state index is -0.0993. The lowest BCUT2D eigenvalue weighted by Crippen LogP contribution is -2.46. The lowest BCUT2D eigenvalue weighted by atomic mass is 9.97. The number of nitrogens with zero attached hydrogens (tertiary/aromatic N) is 2. The van der Waals surface area contributed by atoms with Crippen molar-refractivity contribution in [3.63, 3.8) is 0 Å². The van der Waals surface area contributed by atoms with Crippen LogP contribution in [0.25, 0.3) is 0 Å². The monoisotopic (exact) mass is 393 g/mol. The molecular weight excluding hydrogens is 362 g/mol. The number of benzene rings is 1. The molecule has 0 aromatic heterocycles. The quantitative estimate of drug-likeness (QED) is 0.431. The van der Waals surface area contributed by atoms with Crippen LogP contribution in [0.15, 0.2) is 17.1 Å². The molecule has 2 rings (SSSR count). The molecule has 1 N–H and O–H groups in total. The molecule has 0 amide bonds. The van der Waals surface area contributed by atoms with E-state index in [1.54, 1.807) is 28.4 Å². The zero-order valence-electron chi connectivity index (χ0n) is 17.4. The van der Waals surface area contributed by atoms with Crippen LogP contribution in [0, 0.1) is 5.92 Å². The number of hydrogen-bond acceptors (Lipinski definition) is 6. The maximum Gasteiger partial charge on any atom is 0.309 e. The van der Waals surface area contributed by atoms with Crippen LogP contribution in [0.3, 0.4) is 0 Å². The lowest BCUT2D eigenvalue weighted by molar-refractivity contribution is -0.149. The van der Waals surface area contributed by atoms with Gasteiger partial charge in [0, 0.05) is 32.3 Å². The van der Waals surface area contributed by atoms with Crippen molar-refractivity contribution >= 4 is 11.9 Å². The first-order valence-corrected chi connectivity index (χ1v) is 9.49. The molecule has 0 bridgehead atoms. The highest BCUT2D eigenvalue weighted by molar-refractivity contribution is 5.80. The third-order valence-electron chi connectivity index (χ3n) is 4.87. The van der Waals surface area contributed by atoms with Gasteiger partial charge in [0.25, 0.3) is 0 Å². The van der Waals surface area contributed by atoms with Crippen LogP contribution in [0.1, 0.15) is 25.3 Å². The van der Waals surface area contributed by atoms with E-state index in [4.69, 9.17) is 18.9 Å². The number of piperidine rings is 1. The molecule has 1 saturated heterocycles. The van der Waals surface area contributed by atoms with E-state index in [1.165, 1.54) is 0 Å². The van der Waals surface area contributed by atoms with Crippen molar-refractivity contribution in [1.29, 1.82) is 0 Å². The molecule has 1 fully saturated rings. The van der Waals surface area contributed by atoms with Crippen LogP contribution in [0.2, 0.25) is 0 Å². The number of nitrogens with one attached hydrogen (secondary N) is 1. The highest BCUT2D eigenvalue weighted by atomic mass is 16.5. The number of esters is 1. The maximum atomic E-state index is 11.9. The summed E-state index contributed by atoms with van der Waals surface area (Å²) >= 11 is 0. The summed E-state index contributed by atoms with van der Waals surface area (Å²) in [6.45, 7) is 4.25. The summed E-state index contributed by atoms with van der Waals surface area (Å²) in [7, 11) is 6.59. The highest BCUT2D eigenvalue weighted by Gasteiger charge is 2.27. The van der Waals surface area contributed by atoms with Crippen molar-refractivity contribution < 1.29 is 23.7 Å². The Morgan fingerprint density at radius 3 is 2.21 bits per heavy atom. The molecule has 0 aliphatic carbocycles.